The SMILES string of the molecule is C[Si](C)(C)O[Si]1(C2CCCCC2)O[Si]2(C3CCCCC3)O[Si](O[Si](C)(C)C)(C3CCCCC3)O[Si]3(C4CCCCC4)O[Si](C4CCCCC4)(O2)O[Si](C2CCCCC2)(O1)O[Si]([O][Sn]([CH2]c1ccccc1)([CH2]c1ccccc1)[CH2]c1ccccc1)(C1CCCCC1)O3. The fraction of sp³-hybridized carbons (Fsp3) is 0.739. The molecule has 0 amide bonds. The van der Waals surface area contributed by atoms with Gasteiger partial charge in [-0.3, -0.25) is 0 Å². The molecule has 4 atom stereocenters. The Morgan fingerprint density at radius 1 is 0.286 bits per heavy atom. The summed E-state index contributed by atoms with van der Waals surface area (Å²) in [5, 5.41) is 0. The van der Waals surface area contributed by atoms with Crippen LogP contribution < -0.4 is 0 Å². The molecule has 3 aliphatic heterocycles. The third-order valence-electron chi connectivity index (χ3n) is 22.7. The predicted octanol–water partition coefficient (Wildman–Crippen LogP) is 20.1. The van der Waals surface area contributed by atoms with E-state index in [-0.39, 0.29) is 38.8 Å². The van der Waals surface area contributed by atoms with Crippen LogP contribution in [-0.4, -0.2) is 97.1 Å². The van der Waals surface area contributed by atoms with Crippen molar-refractivity contribution in [1.29, 1.82) is 0 Å². The normalized spacial score (nSPS) is 35.0. The first-order chi connectivity index (χ1) is 44.0. The molecule has 3 heterocycles. The first-order valence-corrected chi connectivity index (χ1v) is 64.1. The van der Waals surface area contributed by atoms with Crippen LogP contribution in [0.1, 0.15) is 241 Å². The standard InChI is InChI=1S/C48H95O12Si9.3C7H7.Sn/c1-61(2,3)50-64(43-30-16-8-17-31-43)54-66(45-34-20-10-21-35-45)52-63(49,42-28-14-7-15-29-42)53-67(46-36-22-11-23-37-46)55-65(51-62(4,5)6,44-32-18-9-19-33-44)57-68(56-64,47-38-24-12-25-39-47)60-69(58-66,59-67)48-40-26-13-27-41-48;3*1-7-5-3-2-4-6-7;/h42-48H,7-41H2,1-6H3;3*2-6H,1H2;/q-1;;;;+1. The van der Waals surface area contributed by atoms with E-state index in [2.05, 4.69) is 130 Å². The van der Waals surface area contributed by atoms with Gasteiger partial charge in [0.25, 0.3) is 0 Å². The molecule has 0 N–H and O–H groups in total. The Morgan fingerprint density at radius 3 is 0.736 bits per heavy atom. The van der Waals surface area contributed by atoms with Crippen LogP contribution in [0.25, 0.3) is 0 Å². The van der Waals surface area contributed by atoms with Crippen molar-refractivity contribution in [2.24, 2.45) is 0 Å². The van der Waals surface area contributed by atoms with Crippen LogP contribution in [0.15, 0.2) is 91.0 Å². The van der Waals surface area contributed by atoms with Crippen molar-refractivity contribution in [3.05, 3.63) is 108 Å². The maximum atomic E-state index is 9.52. The second-order valence-electron chi connectivity index (χ2n) is 32.2. The van der Waals surface area contributed by atoms with Gasteiger partial charge in [-0.2, -0.15) is 0 Å². The van der Waals surface area contributed by atoms with Crippen molar-refractivity contribution in [3.8, 4) is 0 Å². The molecule has 3 aromatic carbocycles. The summed E-state index contributed by atoms with van der Waals surface area (Å²) in [6.07, 6.45) is 36.9. The molecule has 0 aromatic heterocycles. The van der Waals surface area contributed by atoms with Crippen LogP contribution in [0.4, 0.5) is 0 Å². The van der Waals surface area contributed by atoms with Gasteiger partial charge in [0.15, 0.2) is 0 Å². The molecule has 7 aliphatic carbocycles. The maximum absolute atomic E-state index is 9.52. The molecule has 7 saturated carbocycles. The average Bonchev–Trinajstić information content (AvgIpc) is 0.685. The summed E-state index contributed by atoms with van der Waals surface area (Å²) in [6, 6.07) is 34.2. The number of fused-ring (bicyclic) bond motifs is 3. The van der Waals surface area contributed by atoms with Gasteiger partial charge in [0.1, 0.15) is 0 Å². The molecular weight excluding hydrogens is 1390 g/mol. The number of benzene rings is 3. The summed E-state index contributed by atoms with van der Waals surface area (Å²) in [7, 11) is -35.2. The minimum atomic E-state index is -4.59. The monoisotopic (exact) mass is 1510 g/mol. The first kappa shape index (κ1) is 69.4. The Bertz CT molecular complexity index is 2590. The van der Waals surface area contributed by atoms with E-state index in [4.69, 9.17) is 16.5 Å². The van der Waals surface area contributed by atoms with Crippen LogP contribution >= 0.6 is 0 Å². The quantitative estimate of drug-likeness (QED) is 0.107. The molecule has 91 heavy (non-hydrogen) atoms. The van der Waals surface area contributed by atoms with Gasteiger partial charge in [-0.1, -0.05) is 0 Å². The molecule has 13 rings (SSSR count). The van der Waals surface area contributed by atoms with Crippen LogP contribution in [-0.2, 0) is 61.3 Å². The summed E-state index contributed by atoms with van der Waals surface area (Å²) in [4.78, 5) is 0. The van der Waals surface area contributed by atoms with Crippen molar-refractivity contribution in [1.82, 2.24) is 0 Å². The van der Waals surface area contributed by atoms with Crippen molar-refractivity contribution in [3.63, 3.8) is 0 Å². The minimum absolute atomic E-state index is 0.00863. The van der Waals surface area contributed by atoms with Crippen molar-refractivity contribution >= 4 is 97.1 Å². The molecule has 0 radical (unpaired) electrons. The Hall–Kier alpha value is -0.0694. The first-order valence-electron chi connectivity index (χ1n) is 37.5. The molecule has 10 aliphatic rings. The van der Waals surface area contributed by atoms with Crippen molar-refractivity contribution in [2.45, 2.75) is 316 Å². The fourth-order valence-corrected chi connectivity index (χ4v) is 92.4. The van der Waals surface area contributed by atoms with E-state index >= 15 is 0 Å². The molecule has 22 heteroatoms. The van der Waals surface area contributed by atoms with E-state index in [0.29, 0.717) is 0 Å². The molecule has 3 aromatic rings. The van der Waals surface area contributed by atoms with Crippen LogP contribution in [0.2, 0.25) is 78.1 Å². The summed E-state index contributed by atoms with van der Waals surface area (Å²) in [5.41, 5.74) is 3.77. The molecule has 12 nitrogen and oxygen atoms in total. The summed E-state index contributed by atoms with van der Waals surface area (Å²) >= 11 is -4.59. The number of hydrogen-bond acceptors (Lipinski definition) is 12. The van der Waals surface area contributed by atoms with Gasteiger partial charge in [-0.05, 0) is 0 Å². The van der Waals surface area contributed by atoms with Gasteiger partial charge in [0.05, 0.1) is 0 Å². The van der Waals surface area contributed by atoms with Gasteiger partial charge in [-0.15, -0.1) is 0 Å². The van der Waals surface area contributed by atoms with Gasteiger partial charge in [0, 0.05) is 0 Å². The summed E-state index contributed by atoms with van der Waals surface area (Å²) < 4.78 is 113. The summed E-state index contributed by atoms with van der Waals surface area (Å²) in [6.45, 7) is 14.3. The molecule has 0 spiro atoms. The number of hydrogen-bond donors (Lipinski definition) is 0. The molecule has 3 saturated heterocycles. The van der Waals surface area contributed by atoms with Crippen LogP contribution in [0.5, 0.6) is 0 Å². The van der Waals surface area contributed by atoms with Gasteiger partial charge >= 0.3 is 569 Å². The van der Waals surface area contributed by atoms with E-state index in [1.54, 1.807) is 0 Å². The Morgan fingerprint density at radius 2 is 0.495 bits per heavy atom. The molecule has 504 valence electrons. The Balaban J connectivity index is 1.18. The average molecular weight is 1510 g/mol. The second kappa shape index (κ2) is 29.6. The fourth-order valence-electron chi connectivity index (χ4n) is 18.5. The summed E-state index contributed by atoms with van der Waals surface area (Å²) in [5.74, 6) is 0. The third kappa shape index (κ3) is 15.9. The van der Waals surface area contributed by atoms with Crippen molar-refractivity contribution < 1.29 is 48.0 Å². The van der Waals surface area contributed by atoms with E-state index in [0.717, 1.165) is 193 Å². The van der Waals surface area contributed by atoms with Gasteiger partial charge < -0.3 is 0 Å². The molecule has 4 unspecified atom stereocenters. The van der Waals surface area contributed by atoms with E-state index in [1.807, 2.05) is 0 Å². The van der Waals surface area contributed by atoms with Crippen LogP contribution in [0, 0.1) is 0 Å². The van der Waals surface area contributed by atoms with Crippen molar-refractivity contribution in [2.75, 3.05) is 0 Å². The molecular formula is C69H116O12Si9Sn. The predicted molar refractivity (Wildman–Crippen MR) is 384 cm³/mol. The van der Waals surface area contributed by atoms with Crippen LogP contribution in [0.3, 0.4) is 0 Å². The zero-order valence-electron chi connectivity index (χ0n) is 57.0. The van der Waals surface area contributed by atoms with Gasteiger partial charge in [-0.25, -0.2) is 0 Å². The zero-order valence-corrected chi connectivity index (χ0v) is 68.8. The number of rotatable bonds is 19. The Labute approximate surface area is 564 Å². The van der Waals surface area contributed by atoms with E-state index < -0.39 is 97.1 Å². The second-order valence-corrected chi connectivity index (χ2v) is 75.5. The van der Waals surface area contributed by atoms with Gasteiger partial charge in [0.2, 0.25) is 0 Å². The zero-order chi connectivity index (χ0) is 62.7. The van der Waals surface area contributed by atoms with E-state index in [9.17, 15) is 31.6 Å². The molecule has 10 fully saturated rings. The van der Waals surface area contributed by atoms with E-state index in [1.165, 1.54) is 61.6 Å². The molecule has 4 bridgehead atoms. The third-order valence-corrected chi connectivity index (χ3v) is 77.2. The Kier molecular flexibility index (Phi) is 22.6. The topological polar surface area (TPSA) is 111 Å².